The number of nitrogens with two attached hydrogens (primary N) is 1. The number of rotatable bonds is 5. The highest BCUT2D eigenvalue weighted by Gasteiger charge is 2.19. The summed E-state index contributed by atoms with van der Waals surface area (Å²) in [6, 6.07) is 3.98. The van der Waals surface area contributed by atoms with E-state index in [0.717, 1.165) is 6.07 Å². The van der Waals surface area contributed by atoms with Gasteiger partial charge in [0.05, 0.1) is 6.61 Å². The summed E-state index contributed by atoms with van der Waals surface area (Å²) < 4.78 is 23.7. The Morgan fingerprint density at radius 2 is 2.29 bits per heavy atom. The predicted molar refractivity (Wildman–Crippen MR) is 62.7 cm³/mol. The minimum absolute atomic E-state index is 0.0111. The molecule has 0 spiro atoms. The Bertz CT molecular complexity index is 383. The van der Waals surface area contributed by atoms with Crippen LogP contribution in [0.3, 0.4) is 0 Å². The van der Waals surface area contributed by atoms with Gasteiger partial charge in [-0.3, -0.25) is 10.2 Å². The Balaban J connectivity index is 2.81. The van der Waals surface area contributed by atoms with Crippen LogP contribution >= 0.6 is 15.9 Å². The van der Waals surface area contributed by atoms with Crippen molar-refractivity contribution in [2.45, 2.75) is 6.10 Å². The molecule has 5 nitrogen and oxygen atoms in total. The molecule has 3 N–H and O–H groups in total. The summed E-state index contributed by atoms with van der Waals surface area (Å²) in [5, 5.41) is 0. The molecule has 0 fully saturated rings. The lowest BCUT2D eigenvalue weighted by Gasteiger charge is -2.16. The van der Waals surface area contributed by atoms with E-state index < -0.39 is 17.8 Å². The zero-order valence-electron chi connectivity index (χ0n) is 9.07. The van der Waals surface area contributed by atoms with E-state index in [2.05, 4.69) is 15.9 Å². The Morgan fingerprint density at radius 3 is 2.82 bits per heavy atom. The number of ether oxygens (including phenoxy) is 2. The highest BCUT2D eigenvalue weighted by atomic mass is 79.9. The topological polar surface area (TPSA) is 73.6 Å². The molecule has 1 rings (SSSR count). The normalized spacial score (nSPS) is 12.0. The Morgan fingerprint density at radius 1 is 1.59 bits per heavy atom. The second-order valence-electron chi connectivity index (χ2n) is 3.18. The van der Waals surface area contributed by atoms with Gasteiger partial charge in [-0.2, -0.15) is 0 Å². The van der Waals surface area contributed by atoms with E-state index in [1.165, 1.54) is 19.2 Å². The molecule has 0 bridgehead atoms. The lowest BCUT2D eigenvalue weighted by Crippen LogP contribution is -2.44. The molecule has 1 unspecified atom stereocenters. The molecule has 0 aliphatic carbocycles. The molecule has 0 saturated carbocycles. The third kappa shape index (κ3) is 4.29. The van der Waals surface area contributed by atoms with Crippen molar-refractivity contribution in [2.75, 3.05) is 13.7 Å². The average molecular weight is 307 g/mol. The summed E-state index contributed by atoms with van der Waals surface area (Å²) in [5.74, 6) is 4.19. The van der Waals surface area contributed by atoms with Gasteiger partial charge in [0, 0.05) is 17.6 Å². The maximum absolute atomic E-state index is 13.1. The Labute approximate surface area is 106 Å². The first-order valence-corrected chi connectivity index (χ1v) is 5.48. The second-order valence-corrected chi connectivity index (χ2v) is 4.09. The quantitative estimate of drug-likeness (QED) is 0.483. The van der Waals surface area contributed by atoms with Crippen LogP contribution in [-0.2, 0) is 9.53 Å². The van der Waals surface area contributed by atoms with Crippen LogP contribution in [0, 0.1) is 5.82 Å². The van der Waals surface area contributed by atoms with E-state index in [9.17, 15) is 9.18 Å². The monoisotopic (exact) mass is 306 g/mol. The summed E-state index contributed by atoms with van der Waals surface area (Å²) in [6.07, 6.45) is -0.932. The molecule has 17 heavy (non-hydrogen) atoms. The number of hydrazine groups is 1. The van der Waals surface area contributed by atoms with Gasteiger partial charge in [0.2, 0.25) is 6.10 Å². The number of halogens is 2. The molecule has 94 valence electrons. The van der Waals surface area contributed by atoms with Crippen LogP contribution in [0.25, 0.3) is 0 Å². The lowest BCUT2D eigenvalue weighted by atomic mass is 10.3. The number of carbonyl (C=O) groups is 1. The number of amides is 1. The van der Waals surface area contributed by atoms with Gasteiger partial charge in [-0.05, 0) is 12.1 Å². The van der Waals surface area contributed by atoms with Gasteiger partial charge >= 0.3 is 0 Å². The highest BCUT2D eigenvalue weighted by molar-refractivity contribution is 9.10. The van der Waals surface area contributed by atoms with E-state index in [1.807, 2.05) is 5.43 Å². The zero-order chi connectivity index (χ0) is 12.8. The summed E-state index contributed by atoms with van der Waals surface area (Å²) in [6.45, 7) is 0.0111. The van der Waals surface area contributed by atoms with Crippen molar-refractivity contribution in [1.82, 2.24) is 5.43 Å². The summed E-state index contributed by atoms with van der Waals surface area (Å²) in [5.41, 5.74) is 1.95. The number of hydrogen-bond donors (Lipinski definition) is 2. The highest BCUT2D eigenvalue weighted by Crippen LogP contribution is 2.21. The lowest BCUT2D eigenvalue weighted by molar-refractivity contribution is -0.130. The minimum Gasteiger partial charge on any atom is -0.478 e. The van der Waals surface area contributed by atoms with Gasteiger partial charge < -0.3 is 9.47 Å². The summed E-state index contributed by atoms with van der Waals surface area (Å²) in [7, 11) is 1.42. The van der Waals surface area contributed by atoms with E-state index in [1.54, 1.807) is 0 Å². The van der Waals surface area contributed by atoms with Crippen molar-refractivity contribution in [3.63, 3.8) is 0 Å². The van der Waals surface area contributed by atoms with Crippen molar-refractivity contribution >= 4 is 21.8 Å². The summed E-state index contributed by atoms with van der Waals surface area (Å²) >= 11 is 3.12. The van der Waals surface area contributed by atoms with Gasteiger partial charge in [0.1, 0.15) is 11.6 Å². The fraction of sp³-hybridized carbons (Fsp3) is 0.300. The van der Waals surface area contributed by atoms with E-state index in [0.29, 0.717) is 4.47 Å². The first-order valence-electron chi connectivity index (χ1n) is 4.69. The first kappa shape index (κ1) is 13.9. The first-order chi connectivity index (χ1) is 8.06. The third-order valence-electron chi connectivity index (χ3n) is 1.87. The van der Waals surface area contributed by atoms with Gasteiger partial charge in [-0.15, -0.1) is 0 Å². The van der Waals surface area contributed by atoms with Gasteiger partial charge in [0.25, 0.3) is 5.91 Å². The van der Waals surface area contributed by atoms with Crippen molar-refractivity contribution in [2.24, 2.45) is 5.84 Å². The van der Waals surface area contributed by atoms with Crippen LogP contribution in [0.1, 0.15) is 0 Å². The van der Waals surface area contributed by atoms with Gasteiger partial charge in [0.15, 0.2) is 0 Å². The predicted octanol–water partition coefficient (Wildman–Crippen LogP) is 0.972. The summed E-state index contributed by atoms with van der Waals surface area (Å²) in [4.78, 5) is 11.3. The molecular weight excluding hydrogens is 295 g/mol. The number of methoxy groups -OCH3 is 1. The molecule has 0 aliphatic rings. The standard InChI is InChI=1S/C10H12BrFN2O3/c1-16-5-9(10(15)14-13)17-8-3-6(11)2-7(12)4-8/h2-4,9H,5,13H2,1H3,(H,14,15). The van der Waals surface area contributed by atoms with Crippen LogP contribution in [0.15, 0.2) is 22.7 Å². The molecule has 0 saturated heterocycles. The maximum atomic E-state index is 13.1. The van der Waals surface area contributed by atoms with E-state index in [-0.39, 0.29) is 12.4 Å². The molecule has 1 aromatic rings. The second kappa shape index (κ2) is 6.53. The molecule has 0 heterocycles. The molecule has 0 aliphatic heterocycles. The van der Waals surface area contributed by atoms with Crippen LogP contribution in [0.4, 0.5) is 4.39 Å². The molecule has 7 heteroatoms. The smallest absolute Gasteiger partial charge is 0.277 e. The van der Waals surface area contributed by atoms with Crippen LogP contribution in [-0.4, -0.2) is 25.7 Å². The fourth-order valence-electron chi connectivity index (χ4n) is 1.17. The average Bonchev–Trinajstić information content (AvgIpc) is 2.26. The van der Waals surface area contributed by atoms with Crippen LogP contribution in [0.2, 0.25) is 0 Å². The molecule has 1 aromatic carbocycles. The van der Waals surface area contributed by atoms with Crippen LogP contribution in [0.5, 0.6) is 5.75 Å². The van der Waals surface area contributed by atoms with E-state index in [4.69, 9.17) is 15.3 Å². The largest absolute Gasteiger partial charge is 0.478 e. The SMILES string of the molecule is COCC(Oc1cc(F)cc(Br)c1)C(=O)NN. The Hall–Kier alpha value is -1.18. The van der Waals surface area contributed by atoms with Gasteiger partial charge in [-0.1, -0.05) is 15.9 Å². The van der Waals surface area contributed by atoms with Crippen molar-refractivity contribution in [3.05, 3.63) is 28.5 Å². The minimum atomic E-state index is -0.932. The van der Waals surface area contributed by atoms with Crippen molar-refractivity contribution < 1.29 is 18.7 Å². The zero-order valence-corrected chi connectivity index (χ0v) is 10.7. The molecule has 0 radical (unpaired) electrons. The molecule has 0 aromatic heterocycles. The van der Waals surface area contributed by atoms with Gasteiger partial charge in [-0.25, -0.2) is 10.2 Å². The molecular formula is C10H12BrFN2O3. The van der Waals surface area contributed by atoms with E-state index >= 15 is 0 Å². The molecule has 1 atom stereocenters. The van der Waals surface area contributed by atoms with Crippen molar-refractivity contribution in [1.29, 1.82) is 0 Å². The number of carbonyl (C=O) groups excluding carboxylic acids is 1. The van der Waals surface area contributed by atoms with Crippen LogP contribution < -0.4 is 16.0 Å². The maximum Gasteiger partial charge on any atom is 0.277 e. The van der Waals surface area contributed by atoms with Crippen molar-refractivity contribution in [3.8, 4) is 5.75 Å². The number of nitrogens with one attached hydrogen (secondary N) is 1. The number of benzene rings is 1. The Kier molecular flexibility index (Phi) is 5.33. The fourth-order valence-corrected chi connectivity index (χ4v) is 1.61. The third-order valence-corrected chi connectivity index (χ3v) is 2.32. The number of hydrogen-bond acceptors (Lipinski definition) is 4. The molecule has 1 amide bonds.